The predicted molar refractivity (Wildman–Crippen MR) is 77.8 cm³/mol. The summed E-state index contributed by atoms with van der Waals surface area (Å²) in [6.07, 6.45) is 4.07. The molecule has 0 spiro atoms. The molecule has 2 N–H and O–H groups in total. The second-order valence-electron chi connectivity index (χ2n) is 5.55. The second kappa shape index (κ2) is 7.55. The Morgan fingerprint density at radius 3 is 2.56 bits per heavy atom. The van der Waals surface area contributed by atoms with E-state index in [-0.39, 0.29) is 0 Å². The van der Waals surface area contributed by atoms with Crippen LogP contribution in [-0.4, -0.2) is 23.3 Å². The molecule has 18 heavy (non-hydrogen) atoms. The van der Waals surface area contributed by atoms with Gasteiger partial charge in [-0.2, -0.15) is 0 Å². The first-order valence-corrected chi connectivity index (χ1v) is 7.03. The smallest absolute Gasteiger partial charge is 0.0743 e. The van der Waals surface area contributed by atoms with E-state index in [4.69, 9.17) is 0 Å². The van der Waals surface area contributed by atoms with Crippen LogP contribution in [0, 0.1) is 0 Å². The molecule has 2 unspecified atom stereocenters. The van der Waals surface area contributed by atoms with E-state index in [0.717, 1.165) is 25.7 Å². The van der Waals surface area contributed by atoms with E-state index in [1.165, 1.54) is 5.56 Å². The fourth-order valence-electron chi connectivity index (χ4n) is 2.15. The number of benzene rings is 1. The normalized spacial score (nSPS) is 16.2. The number of aryl methyl sites for hydroxylation is 1. The molecule has 2 nitrogen and oxygen atoms in total. The monoisotopic (exact) mass is 249 g/mol. The summed E-state index contributed by atoms with van der Waals surface area (Å²) in [5, 5.41) is 13.5. The van der Waals surface area contributed by atoms with Gasteiger partial charge >= 0.3 is 0 Å². The topological polar surface area (TPSA) is 32.3 Å². The van der Waals surface area contributed by atoms with Crippen molar-refractivity contribution in [2.45, 2.75) is 58.1 Å². The van der Waals surface area contributed by atoms with E-state index in [1.54, 1.807) is 0 Å². The first kappa shape index (κ1) is 15.2. The Balaban J connectivity index is 2.24. The molecule has 0 bridgehead atoms. The Hall–Kier alpha value is -0.860. The van der Waals surface area contributed by atoms with E-state index in [1.807, 2.05) is 13.0 Å². The maximum atomic E-state index is 10.1. The summed E-state index contributed by atoms with van der Waals surface area (Å²) in [6, 6.07) is 11.0. The van der Waals surface area contributed by atoms with Crippen molar-refractivity contribution in [1.29, 1.82) is 0 Å². The molecule has 0 heterocycles. The molecule has 0 aliphatic rings. The lowest BCUT2D eigenvalue weighted by Crippen LogP contribution is -2.41. The van der Waals surface area contributed by atoms with Crippen LogP contribution in [0.2, 0.25) is 0 Å². The number of hydrogen-bond acceptors (Lipinski definition) is 2. The average Bonchev–Trinajstić information content (AvgIpc) is 2.35. The van der Waals surface area contributed by atoms with Crippen LogP contribution in [0.5, 0.6) is 0 Å². The quantitative estimate of drug-likeness (QED) is 0.742. The predicted octanol–water partition coefficient (Wildman–Crippen LogP) is 3.15. The van der Waals surface area contributed by atoms with Gasteiger partial charge in [-0.3, -0.25) is 0 Å². The molecule has 0 saturated carbocycles. The van der Waals surface area contributed by atoms with Crippen molar-refractivity contribution < 1.29 is 5.11 Å². The van der Waals surface area contributed by atoms with Crippen molar-refractivity contribution in [3.8, 4) is 0 Å². The molecular formula is C16H27NO. The lowest BCUT2D eigenvalue weighted by atomic mass is 9.99. The third-order valence-electron chi connectivity index (χ3n) is 3.33. The van der Waals surface area contributed by atoms with E-state index in [2.05, 4.69) is 43.4 Å². The zero-order valence-electron chi connectivity index (χ0n) is 11.9. The Morgan fingerprint density at radius 2 is 1.94 bits per heavy atom. The zero-order valence-corrected chi connectivity index (χ0v) is 11.9. The van der Waals surface area contributed by atoms with Gasteiger partial charge in [-0.15, -0.1) is 0 Å². The third-order valence-corrected chi connectivity index (χ3v) is 3.33. The number of aliphatic hydroxyl groups is 1. The summed E-state index contributed by atoms with van der Waals surface area (Å²) < 4.78 is 0. The summed E-state index contributed by atoms with van der Waals surface area (Å²) >= 11 is 0. The molecule has 0 amide bonds. The van der Waals surface area contributed by atoms with E-state index in [9.17, 15) is 5.11 Å². The minimum absolute atomic E-state index is 0.438. The van der Waals surface area contributed by atoms with E-state index >= 15 is 0 Å². The van der Waals surface area contributed by atoms with Crippen LogP contribution in [0.15, 0.2) is 30.3 Å². The van der Waals surface area contributed by atoms with Crippen molar-refractivity contribution in [3.05, 3.63) is 35.9 Å². The minimum atomic E-state index is -0.574. The third kappa shape index (κ3) is 6.18. The van der Waals surface area contributed by atoms with Crippen LogP contribution in [0.25, 0.3) is 0 Å². The molecule has 2 heteroatoms. The van der Waals surface area contributed by atoms with Gasteiger partial charge in [-0.1, -0.05) is 43.7 Å². The summed E-state index contributed by atoms with van der Waals surface area (Å²) in [4.78, 5) is 0. The van der Waals surface area contributed by atoms with Crippen LogP contribution in [0.3, 0.4) is 0 Å². The van der Waals surface area contributed by atoms with Crippen LogP contribution in [0.4, 0.5) is 0 Å². The van der Waals surface area contributed by atoms with Gasteiger partial charge in [0, 0.05) is 12.6 Å². The first-order valence-electron chi connectivity index (χ1n) is 7.03. The lowest BCUT2D eigenvalue weighted by molar-refractivity contribution is 0.0474. The van der Waals surface area contributed by atoms with Gasteiger partial charge in [0.1, 0.15) is 0 Å². The van der Waals surface area contributed by atoms with Gasteiger partial charge in [-0.05, 0) is 38.7 Å². The fourth-order valence-corrected chi connectivity index (χ4v) is 2.15. The molecule has 102 valence electrons. The number of nitrogens with one attached hydrogen (secondary N) is 1. The molecule has 0 fully saturated rings. The standard InChI is InChI=1S/C16H27NO/c1-4-12-16(3,18)13-17-14(2)10-11-15-8-6-5-7-9-15/h5-9,14,17-18H,4,10-13H2,1-3H3. The van der Waals surface area contributed by atoms with E-state index in [0.29, 0.717) is 12.6 Å². The molecule has 1 aromatic carbocycles. The fraction of sp³-hybridized carbons (Fsp3) is 0.625. The molecule has 2 atom stereocenters. The van der Waals surface area contributed by atoms with Crippen molar-refractivity contribution >= 4 is 0 Å². The summed E-state index contributed by atoms with van der Waals surface area (Å²) in [6.45, 7) is 6.88. The largest absolute Gasteiger partial charge is 0.389 e. The summed E-state index contributed by atoms with van der Waals surface area (Å²) in [5.74, 6) is 0. The SMILES string of the molecule is CCCC(C)(O)CNC(C)CCc1ccccc1. The molecule has 0 saturated heterocycles. The molecule has 0 aromatic heterocycles. The maximum absolute atomic E-state index is 10.1. The zero-order chi connectivity index (χ0) is 13.4. The van der Waals surface area contributed by atoms with Crippen LogP contribution in [0.1, 0.15) is 45.6 Å². The van der Waals surface area contributed by atoms with E-state index < -0.39 is 5.60 Å². The summed E-state index contributed by atoms with van der Waals surface area (Å²) in [7, 11) is 0. The molecule has 1 rings (SSSR count). The highest BCUT2D eigenvalue weighted by Crippen LogP contribution is 2.11. The van der Waals surface area contributed by atoms with Crippen LogP contribution >= 0.6 is 0 Å². The minimum Gasteiger partial charge on any atom is -0.389 e. The van der Waals surface area contributed by atoms with Gasteiger partial charge in [0.15, 0.2) is 0 Å². The Kier molecular flexibility index (Phi) is 6.37. The van der Waals surface area contributed by atoms with Gasteiger partial charge in [0.2, 0.25) is 0 Å². The van der Waals surface area contributed by atoms with Gasteiger partial charge in [0.05, 0.1) is 5.60 Å². The lowest BCUT2D eigenvalue weighted by Gasteiger charge is -2.25. The maximum Gasteiger partial charge on any atom is 0.0743 e. The second-order valence-corrected chi connectivity index (χ2v) is 5.55. The molecule has 0 aliphatic heterocycles. The number of hydrogen-bond donors (Lipinski definition) is 2. The van der Waals surface area contributed by atoms with Crippen molar-refractivity contribution in [2.24, 2.45) is 0 Å². The van der Waals surface area contributed by atoms with Crippen molar-refractivity contribution in [3.63, 3.8) is 0 Å². The van der Waals surface area contributed by atoms with Gasteiger partial charge < -0.3 is 10.4 Å². The highest BCUT2D eigenvalue weighted by Gasteiger charge is 2.19. The van der Waals surface area contributed by atoms with Gasteiger partial charge in [0.25, 0.3) is 0 Å². The Bertz CT molecular complexity index is 321. The molecule has 1 aromatic rings. The van der Waals surface area contributed by atoms with Crippen LogP contribution < -0.4 is 5.32 Å². The van der Waals surface area contributed by atoms with Crippen molar-refractivity contribution in [1.82, 2.24) is 5.32 Å². The molecule has 0 aliphatic carbocycles. The molecule has 0 radical (unpaired) electrons. The Morgan fingerprint density at radius 1 is 1.28 bits per heavy atom. The average molecular weight is 249 g/mol. The highest BCUT2D eigenvalue weighted by atomic mass is 16.3. The first-order chi connectivity index (χ1) is 8.53. The van der Waals surface area contributed by atoms with Crippen LogP contribution in [-0.2, 0) is 6.42 Å². The Labute approximate surface area is 111 Å². The number of rotatable bonds is 8. The van der Waals surface area contributed by atoms with Gasteiger partial charge in [-0.25, -0.2) is 0 Å². The molecular weight excluding hydrogens is 222 g/mol. The van der Waals surface area contributed by atoms with Crippen molar-refractivity contribution in [2.75, 3.05) is 6.54 Å². The summed E-state index contributed by atoms with van der Waals surface area (Å²) in [5.41, 5.74) is 0.807. The highest BCUT2D eigenvalue weighted by molar-refractivity contribution is 5.14.